The molecule has 1 saturated heterocycles. The van der Waals surface area contributed by atoms with Crippen molar-refractivity contribution in [1.82, 2.24) is 19.5 Å². The summed E-state index contributed by atoms with van der Waals surface area (Å²) in [5.41, 5.74) is 2.95. The van der Waals surface area contributed by atoms with Gasteiger partial charge in [-0.05, 0) is 55.2 Å². The highest BCUT2D eigenvalue weighted by molar-refractivity contribution is 5.79. The van der Waals surface area contributed by atoms with E-state index in [9.17, 15) is 5.11 Å². The zero-order valence-corrected chi connectivity index (χ0v) is 18.0. The summed E-state index contributed by atoms with van der Waals surface area (Å²) in [7, 11) is 1.99. The number of nitrogens with zero attached hydrogens (tertiary/aromatic N) is 5. The first kappa shape index (κ1) is 20.3. The molecule has 3 heterocycles. The number of rotatable bonds is 6. The molecule has 2 aromatic carbocycles. The van der Waals surface area contributed by atoms with Crippen molar-refractivity contribution in [1.29, 1.82) is 0 Å². The fourth-order valence-electron chi connectivity index (χ4n) is 4.04. The van der Waals surface area contributed by atoms with E-state index in [1.807, 2.05) is 54.1 Å². The van der Waals surface area contributed by atoms with E-state index in [2.05, 4.69) is 31.2 Å². The van der Waals surface area contributed by atoms with E-state index in [-0.39, 0.29) is 6.61 Å². The Morgan fingerprint density at radius 2 is 1.78 bits per heavy atom. The van der Waals surface area contributed by atoms with Crippen molar-refractivity contribution in [2.75, 3.05) is 29.9 Å². The van der Waals surface area contributed by atoms with Crippen molar-refractivity contribution < 1.29 is 9.84 Å². The molecule has 4 aromatic rings. The van der Waals surface area contributed by atoms with Crippen LogP contribution < -0.4 is 15.0 Å². The average molecular weight is 431 g/mol. The van der Waals surface area contributed by atoms with Gasteiger partial charge in [0.15, 0.2) is 5.82 Å². The maximum atomic E-state index is 9.38. The van der Waals surface area contributed by atoms with Crippen molar-refractivity contribution in [3.8, 4) is 11.6 Å². The Kier molecular flexibility index (Phi) is 5.60. The number of fused-ring (bicyclic) bond motifs is 1. The van der Waals surface area contributed by atoms with E-state index < -0.39 is 0 Å². The van der Waals surface area contributed by atoms with Crippen LogP contribution in [0.2, 0.25) is 0 Å². The number of aromatic nitrogens is 4. The van der Waals surface area contributed by atoms with Gasteiger partial charge in [0.2, 0.25) is 5.95 Å². The summed E-state index contributed by atoms with van der Waals surface area (Å²) in [5.74, 6) is 3.07. The predicted molar refractivity (Wildman–Crippen MR) is 125 cm³/mol. The normalized spacial score (nSPS) is 14.6. The van der Waals surface area contributed by atoms with Gasteiger partial charge < -0.3 is 24.6 Å². The number of para-hydroxylation sites is 2. The number of benzene rings is 2. The van der Waals surface area contributed by atoms with E-state index in [4.69, 9.17) is 4.74 Å². The first-order valence-electron chi connectivity index (χ1n) is 10.8. The number of nitrogens with one attached hydrogen (secondary N) is 1. The highest BCUT2D eigenvalue weighted by Gasteiger charge is 2.23. The van der Waals surface area contributed by atoms with Gasteiger partial charge in [0, 0.05) is 44.8 Å². The van der Waals surface area contributed by atoms with Crippen molar-refractivity contribution in [3.63, 3.8) is 0 Å². The third-order valence-corrected chi connectivity index (χ3v) is 5.93. The Bertz CT molecular complexity index is 1200. The molecule has 0 amide bonds. The maximum Gasteiger partial charge on any atom is 0.263 e. The number of aliphatic hydroxyl groups is 1. The molecule has 0 saturated carbocycles. The Balaban J connectivity index is 1.30. The van der Waals surface area contributed by atoms with Crippen molar-refractivity contribution >= 4 is 28.5 Å². The number of aliphatic hydroxyl groups excluding tert-OH is 1. The van der Waals surface area contributed by atoms with Crippen LogP contribution in [0.25, 0.3) is 11.0 Å². The molecule has 0 atom stereocenters. The number of ether oxygens (including phenoxy) is 1. The van der Waals surface area contributed by atoms with Gasteiger partial charge in [-0.15, -0.1) is 0 Å². The lowest BCUT2D eigenvalue weighted by Crippen LogP contribution is -2.35. The van der Waals surface area contributed by atoms with Crippen LogP contribution in [0.5, 0.6) is 11.6 Å². The molecule has 0 aliphatic carbocycles. The summed E-state index contributed by atoms with van der Waals surface area (Å²) >= 11 is 0. The number of hydrogen-bond donors (Lipinski definition) is 2. The van der Waals surface area contributed by atoms with Gasteiger partial charge in [-0.1, -0.05) is 12.1 Å². The van der Waals surface area contributed by atoms with Crippen LogP contribution in [0.15, 0.2) is 60.9 Å². The first-order valence-corrected chi connectivity index (χ1v) is 10.8. The Morgan fingerprint density at radius 1 is 1.03 bits per heavy atom. The minimum Gasteiger partial charge on any atom is -0.436 e. The Morgan fingerprint density at radius 3 is 2.53 bits per heavy atom. The van der Waals surface area contributed by atoms with Gasteiger partial charge in [0.25, 0.3) is 5.88 Å². The van der Waals surface area contributed by atoms with E-state index in [0.717, 1.165) is 54.4 Å². The van der Waals surface area contributed by atoms with Crippen molar-refractivity contribution in [2.45, 2.75) is 12.8 Å². The summed E-state index contributed by atoms with van der Waals surface area (Å²) in [6, 6.07) is 15.8. The molecule has 5 rings (SSSR count). The molecule has 0 unspecified atom stereocenters. The van der Waals surface area contributed by atoms with E-state index in [1.54, 1.807) is 12.4 Å². The minimum absolute atomic E-state index is 0.242. The van der Waals surface area contributed by atoms with E-state index in [0.29, 0.717) is 17.5 Å². The standard InChI is InChI=1S/C24H26N6O2/c1-29-21-5-3-2-4-20(21)28-24(29)27-18-6-8-19(9-7-18)32-23-22(25-12-13-26-23)30-14-10-17(16-31)11-15-30/h2-9,12-13,17,31H,10-11,14-16H2,1H3,(H,27,28). The molecule has 1 aliphatic heterocycles. The topological polar surface area (TPSA) is 88.3 Å². The van der Waals surface area contributed by atoms with Crippen molar-refractivity contribution in [2.24, 2.45) is 13.0 Å². The second-order valence-electron chi connectivity index (χ2n) is 8.03. The van der Waals surface area contributed by atoms with Crippen LogP contribution in [-0.2, 0) is 7.05 Å². The summed E-state index contributed by atoms with van der Waals surface area (Å²) in [5, 5.41) is 12.7. The van der Waals surface area contributed by atoms with Gasteiger partial charge in [-0.25, -0.2) is 15.0 Å². The fourth-order valence-corrected chi connectivity index (χ4v) is 4.04. The number of hydrogen-bond acceptors (Lipinski definition) is 7. The van der Waals surface area contributed by atoms with Gasteiger partial charge in [0.1, 0.15) is 5.75 Å². The molecule has 2 N–H and O–H groups in total. The second-order valence-corrected chi connectivity index (χ2v) is 8.03. The average Bonchev–Trinajstić information content (AvgIpc) is 3.16. The zero-order valence-electron chi connectivity index (χ0n) is 18.0. The monoisotopic (exact) mass is 430 g/mol. The number of aryl methyl sites for hydroxylation is 1. The maximum absolute atomic E-state index is 9.38. The fraction of sp³-hybridized carbons (Fsp3) is 0.292. The molecule has 8 nitrogen and oxygen atoms in total. The highest BCUT2D eigenvalue weighted by Crippen LogP contribution is 2.31. The lowest BCUT2D eigenvalue weighted by Gasteiger charge is -2.32. The Labute approximate surface area is 186 Å². The molecule has 0 spiro atoms. The molecular formula is C24H26N6O2. The molecule has 164 valence electrons. The lowest BCUT2D eigenvalue weighted by atomic mass is 9.98. The van der Waals surface area contributed by atoms with E-state index >= 15 is 0 Å². The first-order chi connectivity index (χ1) is 15.7. The highest BCUT2D eigenvalue weighted by atomic mass is 16.5. The molecule has 32 heavy (non-hydrogen) atoms. The zero-order chi connectivity index (χ0) is 21.9. The van der Waals surface area contributed by atoms with Crippen LogP contribution in [0.1, 0.15) is 12.8 Å². The SMILES string of the molecule is Cn1c(Nc2ccc(Oc3nccnc3N3CCC(CO)CC3)cc2)nc2ccccc21. The summed E-state index contributed by atoms with van der Waals surface area (Å²) in [4.78, 5) is 15.7. The molecule has 1 fully saturated rings. The van der Waals surface area contributed by atoms with Crippen LogP contribution in [0, 0.1) is 5.92 Å². The van der Waals surface area contributed by atoms with Crippen LogP contribution >= 0.6 is 0 Å². The number of imidazole rings is 1. The van der Waals surface area contributed by atoms with Gasteiger partial charge in [-0.2, -0.15) is 0 Å². The summed E-state index contributed by atoms with van der Waals surface area (Å²) in [6.45, 7) is 1.91. The largest absolute Gasteiger partial charge is 0.436 e. The van der Waals surface area contributed by atoms with Crippen LogP contribution in [-0.4, -0.2) is 44.3 Å². The molecule has 0 bridgehead atoms. The third-order valence-electron chi connectivity index (χ3n) is 5.93. The molecule has 2 aromatic heterocycles. The van der Waals surface area contributed by atoms with Crippen LogP contribution in [0.3, 0.4) is 0 Å². The van der Waals surface area contributed by atoms with Gasteiger partial charge >= 0.3 is 0 Å². The number of anilines is 3. The predicted octanol–water partition coefficient (Wildman–Crippen LogP) is 4.11. The molecule has 0 radical (unpaired) electrons. The van der Waals surface area contributed by atoms with E-state index in [1.165, 1.54) is 0 Å². The molecule has 1 aliphatic rings. The summed E-state index contributed by atoms with van der Waals surface area (Å²) in [6.07, 6.45) is 5.20. The third kappa shape index (κ3) is 4.09. The smallest absolute Gasteiger partial charge is 0.263 e. The second kappa shape index (κ2) is 8.84. The molecular weight excluding hydrogens is 404 g/mol. The Hall–Kier alpha value is -3.65. The van der Waals surface area contributed by atoms with Gasteiger partial charge in [0.05, 0.1) is 11.0 Å². The molecule has 8 heteroatoms. The quantitative estimate of drug-likeness (QED) is 0.476. The van der Waals surface area contributed by atoms with Crippen molar-refractivity contribution in [3.05, 3.63) is 60.9 Å². The van der Waals surface area contributed by atoms with Crippen LogP contribution in [0.4, 0.5) is 17.5 Å². The summed E-state index contributed by atoms with van der Waals surface area (Å²) < 4.78 is 8.11. The van der Waals surface area contributed by atoms with Gasteiger partial charge in [-0.3, -0.25) is 0 Å². The number of piperidine rings is 1. The lowest BCUT2D eigenvalue weighted by molar-refractivity contribution is 0.202. The minimum atomic E-state index is 0.242.